The smallest absolute Gasteiger partial charge is 0.337 e. The van der Waals surface area contributed by atoms with Gasteiger partial charge in [0.2, 0.25) is 5.43 Å². The molecule has 3 rings (SSSR count). The predicted molar refractivity (Wildman–Crippen MR) is 98.5 cm³/mol. The summed E-state index contributed by atoms with van der Waals surface area (Å²) in [6.45, 7) is 1.49. The minimum absolute atomic E-state index is 0.0136. The van der Waals surface area contributed by atoms with Gasteiger partial charge < -0.3 is 4.90 Å². The zero-order chi connectivity index (χ0) is 20.5. The maximum absolute atomic E-state index is 13.4. The highest BCUT2D eigenvalue weighted by Crippen LogP contribution is 2.33. The Morgan fingerprint density at radius 3 is 2.46 bits per heavy atom. The van der Waals surface area contributed by atoms with Crippen LogP contribution >= 0.6 is 0 Å². The molecule has 0 saturated heterocycles. The van der Waals surface area contributed by atoms with Gasteiger partial charge in [-0.05, 0) is 31.9 Å². The maximum Gasteiger partial charge on any atom is 0.418 e. The van der Waals surface area contributed by atoms with Crippen LogP contribution in [-0.4, -0.2) is 33.7 Å². The monoisotopic (exact) mass is 393 g/mol. The average molecular weight is 393 g/mol. The first kappa shape index (κ1) is 20.1. The topological polar surface area (TPSA) is 55.2 Å². The molecule has 0 atom stereocenters. The number of amides is 1. The van der Waals surface area contributed by atoms with E-state index in [-0.39, 0.29) is 23.1 Å². The van der Waals surface area contributed by atoms with E-state index in [9.17, 15) is 22.8 Å². The van der Waals surface area contributed by atoms with Crippen LogP contribution in [0.4, 0.5) is 13.2 Å². The number of nitrogens with zero attached hydrogens (tertiary/aromatic N) is 3. The van der Waals surface area contributed by atoms with Crippen LogP contribution in [0.3, 0.4) is 0 Å². The van der Waals surface area contributed by atoms with E-state index in [1.54, 1.807) is 7.05 Å². The van der Waals surface area contributed by atoms with E-state index in [0.29, 0.717) is 0 Å². The standard InChI is InChI=1S/C20H22F3N3O2/c1-13-12-17(27)18(19(28)25(2)14-8-4-3-5-9-14)24-26(13)16-11-7-6-10-15(16)20(21,22)23/h6-7,10-12,14H,3-5,8-9H2,1-2H3. The van der Waals surface area contributed by atoms with Crippen LogP contribution < -0.4 is 5.43 Å². The van der Waals surface area contributed by atoms with Crippen LogP contribution in [0.25, 0.3) is 5.69 Å². The number of aryl methyl sites for hydroxylation is 1. The second-order valence-electron chi connectivity index (χ2n) is 7.13. The first-order valence-electron chi connectivity index (χ1n) is 9.25. The summed E-state index contributed by atoms with van der Waals surface area (Å²) in [5, 5.41) is 4.05. The molecular formula is C20H22F3N3O2. The van der Waals surface area contributed by atoms with Gasteiger partial charge in [-0.3, -0.25) is 9.59 Å². The van der Waals surface area contributed by atoms with E-state index in [0.717, 1.165) is 48.9 Å². The normalized spacial score (nSPS) is 15.5. The second-order valence-corrected chi connectivity index (χ2v) is 7.13. The highest BCUT2D eigenvalue weighted by atomic mass is 19.4. The lowest BCUT2D eigenvalue weighted by atomic mass is 9.94. The molecule has 0 aliphatic heterocycles. The molecule has 2 aromatic rings. The zero-order valence-corrected chi connectivity index (χ0v) is 15.8. The summed E-state index contributed by atoms with van der Waals surface area (Å²) in [4.78, 5) is 26.8. The zero-order valence-electron chi connectivity index (χ0n) is 15.8. The van der Waals surface area contributed by atoms with Gasteiger partial charge in [0.1, 0.15) is 0 Å². The minimum Gasteiger partial charge on any atom is -0.337 e. The van der Waals surface area contributed by atoms with Gasteiger partial charge in [-0.15, -0.1) is 0 Å². The summed E-state index contributed by atoms with van der Waals surface area (Å²) in [6, 6.07) is 6.13. The Morgan fingerprint density at radius 2 is 1.82 bits per heavy atom. The molecule has 1 aliphatic carbocycles. The Kier molecular flexibility index (Phi) is 5.58. The van der Waals surface area contributed by atoms with Crippen LogP contribution in [0.5, 0.6) is 0 Å². The van der Waals surface area contributed by atoms with Crippen LogP contribution in [0, 0.1) is 6.92 Å². The van der Waals surface area contributed by atoms with E-state index in [2.05, 4.69) is 5.10 Å². The van der Waals surface area contributed by atoms with Crippen molar-refractivity contribution in [2.24, 2.45) is 0 Å². The maximum atomic E-state index is 13.4. The summed E-state index contributed by atoms with van der Waals surface area (Å²) in [5.41, 5.74) is -1.84. The first-order chi connectivity index (χ1) is 13.2. The molecule has 1 aromatic carbocycles. The Bertz CT molecular complexity index is 931. The summed E-state index contributed by atoms with van der Waals surface area (Å²) in [5.74, 6) is -0.560. The van der Waals surface area contributed by atoms with Crippen LogP contribution in [0.15, 0.2) is 35.1 Å². The van der Waals surface area contributed by atoms with Gasteiger partial charge in [0.05, 0.1) is 11.3 Å². The number of hydrogen-bond donors (Lipinski definition) is 0. The second kappa shape index (κ2) is 7.77. The third-order valence-corrected chi connectivity index (χ3v) is 5.19. The van der Waals surface area contributed by atoms with Crippen molar-refractivity contribution in [3.05, 3.63) is 57.5 Å². The Labute approximate surface area is 160 Å². The summed E-state index contributed by atoms with van der Waals surface area (Å²) >= 11 is 0. The Morgan fingerprint density at radius 1 is 1.18 bits per heavy atom. The van der Waals surface area contributed by atoms with Crippen molar-refractivity contribution in [3.8, 4) is 5.69 Å². The molecule has 0 radical (unpaired) electrons. The molecule has 1 aromatic heterocycles. The number of halogens is 3. The summed E-state index contributed by atoms with van der Waals surface area (Å²) < 4.78 is 41.2. The lowest BCUT2D eigenvalue weighted by Gasteiger charge is -2.31. The minimum atomic E-state index is -4.59. The number of alkyl halides is 3. The third-order valence-electron chi connectivity index (χ3n) is 5.19. The Balaban J connectivity index is 2.05. The molecule has 1 amide bonds. The molecule has 0 spiro atoms. The molecule has 0 N–H and O–H groups in total. The lowest BCUT2D eigenvalue weighted by molar-refractivity contribution is -0.137. The van der Waals surface area contributed by atoms with Crippen molar-refractivity contribution in [1.82, 2.24) is 14.7 Å². The summed E-state index contributed by atoms with van der Waals surface area (Å²) in [7, 11) is 1.62. The van der Waals surface area contributed by atoms with E-state index in [1.165, 1.54) is 30.0 Å². The van der Waals surface area contributed by atoms with Crippen molar-refractivity contribution >= 4 is 5.91 Å². The predicted octanol–water partition coefficient (Wildman–Crippen LogP) is 3.96. The number of carbonyl (C=O) groups excluding carboxylic acids is 1. The van der Waals surface area contributed by atoms with Crippen molar-refractivity contribution in [2.45, 2.75) is 51.2 Å². The van der Waals surface area contributed by atoms with Gasteiger partial charge in [-0.2, -0.15) is 18.3 Å². The van der Waals surface area contributed by atoms with Crippen molar-refractivity contribution in [1.29, 1.82) is 0 Å². The molecule has 0 bridgehead atoms. The van der Waals surface area contributed by atoms with Crippen molar-refractivity contribution < 1.29 is 18.0 Å². The van der Waals surface area contributed by atoms with Crippen LogP contribution in [0.1, 0.15) is 53.8 Å². The van der Waals surface area contributed by atoms with E-state index >= 15 is 0 Å². The molecule has 1 saturated carbocycles. The molecule has 1 heterocycles. The molecule has 5 nitrogen and oxygen atoms in total. The molecule has 28 heavy (non-hydrogen) atoms. The third kappa shape index (κ3) is 3.95. The fourth-order valence-corrected chi connectivity index (χ4v) is 3.64. The highest BCUT2D eigenvalue weighted by Gasteiger charge is 2.34. The number of hydrogen-bond acceptors (Lipinski definition) is 3. The largest absolute Gasteiger partial charge is 0.418 e. The lowest BCUT2D eigenvalue weighted by Crippen LogP contribution is -2.41. The van der Waals surface area contributed by atoms with Gasteiger partial charge in [0.25, 0.3) is 5.91 Å². The van der Waals surface area contributed by atoms with Crippen LogP contribution in [-0.2, 0) is 6.18 Å². The molecule has 1 fully saturated rings. The number of benzene rings is 1. The van der Waals surface area contributed by atoms with Crippen molar-refractivity contribution in [3.63, 3.8) is 0 Å². The number of carbonyl (C=O) groups is 1. The average Bonchev–Trinajstić information content (AvgIpc) is 2.67. The molecular weight excluding hydrogens is 371 g/mol. The Hall–Kier alpha value is -2.64. The molecule has 8 heteroatoms. The van der Waals surface area contributed by atoms with Crippen molar-refractivity contribution in [2.75, 3.05) is 7.05 Å². The fraction of sp³-hybridized carbons (Fsp3) is 0.450. The van der Waals surface area contributed by atoms with Crippen LogP contribution in [0.2, 0.25) is 0 Å². The fourth-order valence-electron chi connectivity index (χ4n) is 3.64. The number of para-hydroxylation sites is 1. The van der Waals surface area contributed by atoms with Gasteiger partial charge in [0, 0.05) is 24.8 Å². The molecule has 150 valence electrons. The molecule has 1 aliphatic rings. The van der Waals surface area contributed by atoms with Gasteiger partial charge in [-0.25, -0.2) is 4.68 Å². The van der Waals surface area contributed by atoms with Gasteiger partial charge in [-0.1, -0.05) is 31.4 Å². The SMILES string of the molecule is Cc1cc(=O)c(C(=O)N(C)C2CCCCC2)nn1-c1ccccc1C(F)(F)F. The van der Waals surface area contributed by atoms with E-state index in [4.69, 9.17) is 0 Å². The first-order valence-corrected chi connectivity index (χ1v) is 9.25. The van der Waals surface area contributed by atoms with E-state index < -0.39 is 23.1 Å². The quantitative estimate of drug-likeness (QED) is 0.793. The van der Waals surface area contributed by atoms with E-state index in [1.807, 2.05) is 0 Å². The molecule has 0 unspecified atom stereocenters. The highest BCUT2D eigenvalue weighted by molar-refractivity contribution is 5.92. The van der Waals surface area contributed by atoms with Gasteiger partial charge >= 0.3 is 6.18 Å². The number of aromatic nitrogens is 2. The number of rotatable bonds is 3. The summed E-state index contributed by atoms with van der Waals surface area (Å²) in [6.07, 6.45) is 0.233. The van der Waals surface area contributed by atoms with Gasteiger partial charge in [0.15, 0.2) is 5.69 Å².